The lowest BCUT2D eigenvalue weighted by Crippen LogP contribution is -2.06. The van der Waals surface area contributed by atoms with Gasteiger partial charge in [0.1, 0.15) is 12.6 Å². The topological polar surface area (TPSA) is 58.9 Å². The maximum Gasteiger partial charge on any atom is 0.331 e. The molecule has 17 heavy (non-hydrogen) atoms. The van der Waals surface area contributed by atoms with Crippen molar-refractivity contribution in [2.45, 2.75) is 13.0 Å². The van der Waals surface area contributed by atoms with Crippen molar-refractivity contribution in [2.24, 2.45) is 4.99 Å². The highest BCUT2D eigenvalue weighted by molar-refractivity contribution is 5.95. The zero-order valence-corrected chi connectivity index (χ0v) is 9.46. The van der Waals surface area contributed by atoms with Gasteiger partial charge in [0.2, 0.25) is 5.90 Å². The molecule has 0 aliphatic carbocycles. The average molecular weight is 231 g/mol. The van der Waals surface area contributed by atoms with Crippen LogP contribution in [-0.4, -0.2) is 29.6 Å². The maximum absolute atomic E-state index is 10.7. The number of carboxylic acids is 1. The molecule has 4 heteroatoms. The Morgan fingerprint density at radius 3 is 2.82 bits per heavy atom. The number of nitrogens with zero attached hydrogens (tertiary/aromatic N) is 1. The summed E-state index contributed by atoms with van der Waals surface area (Å²) in [6, 6.07) is 9.36. The van der Waals surface area contributed by atoms with Gasteiger partial charge in [-0.3, -0.25) is 0 Å². The molecule has 1 atom stereocenters. The molecule has 0 saturated carbocycles. The van der Waals surface area contributed by atoms with Crippen LogP contribution in [0.3, 0.4) is 0 Å². The monoisotopic (exact) mass is 231 g/mol. The summed E-state index contributed by atoms with van der Waals surface area (Å²) in [6.45, 7) is 1.95. The summed E-state index contributed by atoms with van der Waals surface area (Å²) in [6.07, 6.45) is 1.61. The Bertz CT molecular complexity index is 477. The fraction of sp³-hybridized carbons (Fsp3) is 0.231. The number of benzene rings is 1. The summed E-state index contributed by atoms with van der Waals surface area (Å²) >= 11 is 0. The molecule has 0 unspecified atom stereocenters. The second kappa shape index (κ2) is 4.82. The lowest BCUT2D eigenvalue weighted by atomic mass is 10.2. The van der Waals surface area contributed by atoms with E-state index in [0.29, 0.717) is 12.5 Å². The van der Waals surface area contributed by atoms with Gasteiger partial charge in [0.15, 0.2) is 0 Å². The van der Waals surface area contributed by atoms with Crippen LogP contribution < -0.4 is 0 Å². The summed E-state index contributed by atoms with van der Waals surface area (Å²) in [4.78, 5) is 15.0. The first-order valence-electron chi connectivity index (χ1n) is 5.34. The Kier molecular flexibility index (Phi) is 3.23. The van der Waals surface area contributed by atoms with Crippen molar-refractivity contribution < 1.29 is 14.6 Å². The van der Waals surface area contributed by atoms with Crippen LogP contribution in [0.15, 0.2) is 47.0 Å². The van der Waals surface area contributed by atoms with Gasteiger partial charge in [-0.05, 0) is 25.1 Å². The van der Waals surface area contributed by atoms with Gasteiger partial charge < -0.3 is 9.84 Å². The standard InChI is InChI=1S/C13H13NO3/c1-9(13(15)16)7-11-8-17-12(14-11)10-5-3-2-4-6-10/h2-7,11H,8H2,1H3,(H,15,16)/b9-7+/t11-/m0/s1. The molecule has 0 spiro atoms. The minimum Gasteiger partial charge on any atom is -0.478 e. The SMILES string of the molecule is C/C(=C\[C@H]1COC(c2ccccc2)=N1)C(=O)O. The van der Waals surface area contributed by atoms with Crippen LogP contribution in [0.25, 0.3) is 0 Å². The Labute approximate surface area is 99.3 Å². The van der Waals surface area contributed by atoms with Crippen molar-refractivity contribution in [3.05, 3.63) is 47.5 Å². The van der Waals surface area contributed by atoms with Crippen LogP contribution in [0.1, 0.15) is 12.5 Å². The van der Waals surface area contributed by atoms with E-state index in [1.54, 1.807) is 13.0 Å². The van der Waals surface area contributed by atoms with Crippen molar-refractivity contribution in [1.29, 1.82) is 0 Å². The fourth-order valence-corrected chi connectivity index (χ4v) is 1.57. The molecule has 1 heterocycles. The molecule has 88 valence electrons. The summed E-state index contributed by atoms with van der Waals surface area (Å²) in [7, 11) is 0. The molecule has 1 N–H and O–H groups in total. The van der Waals surface area contributed by atoms with Crippen LogP contribution >= 0.6 is 0 Å². The molecule has 1 aliphatic heterocycles. The Morgan fingerprint density at radius 1 is 1.47 bits per heavy atom. The number of carboxylic acid groups (broad SMARTS) is 1. The van der Waals surface area contributed by atoms with Crippen molar-refractivity contribution in [3.63, 3.8) is 0 Å². The van der Waals surface area contributed by atoms with Gasteiger partial charge in [-0.15, -0.1) is 0 Å². The molecule has 0 amide bonds. The number of carbonyl (C=O) groups is 1. The van der Waals surface area contributed by atoms with Gasteiger partial charge in [-0.2, -0.15) is 0 Å². The van der Waals surface area contributed by atoms with Gasteiger partial charge in [0, 0.05) is 11.1 Å². The van der Waals surface area contributed by atoms with Gasteiger partial charge in [-0.1, -0.05) is 18.2 Å². The highest BCUT2D eigenvalue weighted by atomic mass is 16.5. The molecule has 0 aromatic heterocycles. The largest absolute Gasteiger partial charge is 0.478 e. The maximum atomic E-state index is 10.7. The van der Waals surface area contributed by atoms with Gasteiger partial charge >= 0.3 is 5.97 Å². The van der Waals surface area contributed by atoms with E-state index >= 15 is 0 Å². The van der Waals surface area contributed by atoms with Crippen LogP contribution in [0.5, 0.6) is 0 Å². The highest BCUT2D eigenvalue weighted by Gasteiger charge is 2.18. The molecular weight excluding hydrogens is 218 g/mol. The number of hydrogen-bond acceptors (Lipinski definition) is 3. The van der Waals surface area contributed by atoms with E-state index in [2.05, 4.69) is 4.99 Å². The quantitative estimate of drug-likeness (QED) is 0.808. The molecule has 1 aliphatic rings. The van der Waals surface area contributed by atoms with Crippen LogP contribution in [0.4, 0.5) is 0 Å². The van der Waals surface area contributed by atoms with Crippen molar-refractivity contribution in [1.82, 2.24) is 0 Å². The number of ether oxygens (including phenoxy) is 1. The number of hydrogen-bond donors (Lipinski definition) is 1. The van der Waals surface area contributed by atoms with E-state index in [-0.39, 0.29) is 11.6 Å². The Balaban J connectivity index is 2.15. The Morgan fingerprint density at radius 2 is 2.18 bits per heavy atom. The second-order valence-electron chi connectivity index (χ2n) is 3.83. The number of rotatable bonds is 3. The van der Waals surface area contributed by atoms with Gasteiger partial charge in [0.25, 0.3) is 0 Å². The minimum absolute atomic E-state index is 0.207. The van der Waals surface area contributed by atoms with Gasteiger partial charge in [0.05, 0.1) is 0 Å². The Hall–Kier alpha value is -2.10. The third-order valence-corrected chi connectivity index (χ3v) is 2.47. The zero-order chi connectivity index (χ0) is 12.3. The summed E-state index contributed by atoms with van der Waals surface area (Å²) in [5, 5.41) is 8.77. The summed E-state index contributed by atoms with van der Waals surface area (Å²) in [5.41, 5.74) is 1.20. The molecule has 0 fully saturated rings. The fourth-order valence-electron chi connectivity index (χ4n) is 1.57. The van der Waals surface area contributed by atoms with Crippen molar-refractivity contribution in [3.8, 4) is 0 Å². The summed E-state index contributed by atoms with van der Waals surface area (Å²) < 4.78 is 5.44. The normalized spacial score (nSPS) is 19.7. The molecule has 2 rings (SSSR count). The first-order valence-corrected chi connectivity index (χ1v) is 5.34. The lowest BCUT2D eigenvalue weighted by molar-refractivity contribution is -0.132. The average Bonchev–Trinajstić information content (AvgIpc) is 2.78. The zero-order valence-electron chi connectivity index (χ0n) is 9.46. The first-order chi connectivity index (χ1) is 8.16. The number of aliphatic carboxylic acids is 1. The van der Waals surface area contributed by atoms with E-state index in [1.807, 2.05) is 30.3 Å². The molecule has 0 bridgehead atoms. The summed E-state index contributed by atoms with van der Waals surface area (Å²) in [5.74, 6) is -0.349. The molecule has 4 nitrogen and oxygen atoms in total. The third-order valence-electron chi connectivity index (χ3n) is 2.47. The minimum atomic E-state index is -0.923. The van der Waals surface area contributed by atoms with Crippen LogP contribution in [0, 0.1) is 0 Å². The van der Waals surface area contributed by atoms with Crippen LogP contribution in [-0.2, 0) is 9.53 Å². The van der Waals surface area contributed by atoms with E-state index in [0.717, 1.165) is 5.56 Å². The second-order valence-corrected chi connectivity index (χ2v) is 3.83. The predicted molar refractivity (Wildman–Crippen MR) is 64.1 cm³/mol. The van der Waals surface area contributed by atoms with Gasteiger partial charge in [-0.25, -0.2) is 9.79 Å². The predicted octanol–water partition coefficient (Wildman–Crippen LogP) is 1.86. The first kappa shape index (κ1) is 11.4. The highest BCUT2D eigenvalue weighted by Crippen LogP contribution is 2.13. The molecule has 0 saturated heterocycles. The molecule has 1 aromatic rings. The van der Waals surface area contributed by atoms with Crippen molar-refractivity contribution in [2.75, 3.05) is 6.61 Å². The van der Waals surface area contributed by atoms with Crippen LogP contribution in [0.2, 0.25) is 0 Å². The van der Waals surface area contributed by atoms with E-state index in [1.165, 1.54) is 0 Å². The molecule has 0 radical (unpaired) electrons. The molecule has 1 aromatic carbocycles. The van der Waals surface area contributed by atoms with E-state index < -0.39 is 5.97 Å². The third kappa shape index (κ3) is 2.72. The van der Waals surface area contributed by atoms with Crippen molar-refractivity contribution >= 4 is 11.9 Å². The number of aliphatic imine (C=N–C) groups is 1. The van der Waals surface area contributed by atoms with E-state index in [9.17, 15) is 4.79 Å². The smallest absolute Gasteiger partial charge is 0.331 e. The lowest BCUT2D eigenvalue weighted by Gasteiger charge is -1.99. The molecular formula is C13H13NO3. The van der Waals surface area contributed by atoms with E-state index in [4.69, 9.17) is 9.84 Å².